The lowest BCUT2D eigenvalue weighted by Crippen LogP contribution is -2.61. The first-order chi connectivity index (χ1) is 36.6. The number of allylic oxidation sites excluding steroid dienone is 6. The predicted molar refractivity (Wildman–Crippen MR) is 294 cm³/mol. The molecule has 15 atom stereocenters. The van der Waals surface area contributed by atoms with Gasteiger partial charge in [-0.25, -0.2) is 9.59 Å². The highest BCUT2D eigenvalue weighted by Gasteiger charge is 2.53. The molecule has 1 saturated carbocycles. The molecule has 4 aliphatic rings. The van der Waals surface area contributed by atoms with Crippen LogP contribution in [0.3, 0.4) is 0 Å². The topological polar surface area (TPSA) is 217 Å². The van der Waals surface area contributed by atoms with Gasteiger partial charge in [0.05, 0.1) is 18.3 Å². The lowest BCUT2D eigenvalue weighted by atomic mass is 9.78. The van der Waals surface area contributed by atoms with Gasteiger partial charge in [-0.3, -0.25) is 19.2 Å². The number of alkyl carbamates (subject to hydrolysis) is 1. The average molecular weight is 1080 g/mol. The van der Waals surface area contributed by atoms with E-state index in [2.05, 4.69) is 24.1 Å². The van der Waals surface area contributed by atoms with Gasteiger partial charge in [-0.2, -0.15) is 0 Å². The van der Waals surface area contributed by atoms with E-state index >= 15 is 0 Å². The molecule has 0 aromatic rings. The minimum Gasteiger partial charge on any atom is -0.460 e. The van der Waals surface area contributed by atoms with E-state index in [4.69, 9.17) is 28.4 Å². The predicted octanol–water partition coefficient (Wildman–Crippen LogP) is 8.04. The zero-order valence-corrected chi connectivity index (χ0v) is 48.7. The van der Waals surface area contributed by atoms with Gasteiger partial charge in [0.1, 0.15) is 36.2 Å². The number of carbonyl (C=O) groups excluding carboxylic acids is 6. The van der Waals surface area contributed by atoms with Gasteiger partial charge >= 0.3 is 12.1 Å². The number of ketones is 3. The number of ether oxygens (including phenoxy) is 6. The number of amides is 2. The highest BCUT2D eigenvalue weighted by Crippen LogP contribution is 2.38. The zero-order valence-electron chi connectivity index (χ0n) is 48.7. The van der Waals surface area contributed by atoms with Crippen molar-refractivity contribution in [1.29, 1.82) is 0 Å². The van der Waals surface area contributed by atoms with Gasteiger partial charge in [0, 0.05) is 71.6 Å². The van der Waals surface area contributed by atoms with Crippen LogP contribution in [0.2, 0.25) is 0 Å². The average Bonchev–Trinajstić information content (AvgIpc) is 3.41. The summed E-state index contributed by atoms with van der Waals surface area (Å²) < 4.78 is 35.8. The Hall–Kier alpha value is -4.10. The van der Waals surface area contributed by atoms with Crippen molar-refractivity contribution < 1.29 is 67.4 Å². The number of nitrogens with zero attached hydrogens (tertiary/aromatic N) is 2. The van der Waals surface area contributed by atoms with Crippen LogP contribution in [-0.4, -0.2) is 164 Å². The number of rotatable bonds is 14. The molecule has 0 aromatic carbocycles. The standard InChI is InChI=1S/C60H97N3O14/c1-13-28-62(29-14-2)31-27-61-59(70)76-49-26-24-45(35-52(49)73-11)34-41(6)51-37-48(64)40(5)33-43(8)54(66)55(74-12)53(65)42(7)32-38(3)20-16-15-17-21-39(4)50(72-10)36-46-25-23-44(9)60(71,77-46)56(67)57(68)63-30-19-18-22-47(63)58(69)75-51/h15-17,20-21,33,38,40-42,44-47,49-52,54-55,66,71H,13-14,18-19,22-32,34-37H2,1-12H3,(H,61,70)/b17-15+,20-16-,39-21+,43-33+/t38?,40?,41?,42-,44-,45?,46?,47+,49-,50?,51?,52?,54-,55?,60-/m1/s1. The van der Waals surface area contributed by atoms with Gasteiger partial charge in [-0.05, 0) is 133 Å². The lowest BCUT2D eigenvalue weighted by molar-refractivity contribution is -0.265. The van der Waals surface area contributed by atoms with Gasteiger partial charge in [0.25, 0.3) is 11.7 Å². The molecule has 17 heteroatoms. The maximum absolute atomic E-state index is 14.6. The number of nitrogens with one attached hydrogen (secondary N) is 1. The van der Waals surface area contributed by atoms with Crippen LogP contribution in [0, 0.1) is 35.5 Å². The molecule has 0 radical (unpaired) electrons. The van der Waals surface area contributed by atoms with Crippen LogP contribution in [0.15, 0.2) is 47.6 Å². The summed E-state index contributed by atoms with van der Waals surface area (Å²) in [5, 5.41) is 26.5. The quantitative estimate of drug-likeness (QED) is 0.0852. The Morgan fingerprint density at radius 2 is 1.57 bits per heavy atom. The van der Waals surface area contributed by atoms with E-state index in [1.165, 1.54) is 12.0 Å². The molecule has 3 heterocycles. The number of aliphatic hydroxyl groups excluding tert-OH is 1. The van der Waals surface area contributed by atoms with Crippen molar-refractivity contribution in [2.45, 2.75) is 207 Å². The van der Waals surface area contributed by atoms with Crippen molar-refractivity contribution in [2.75, 3.05) is 54.1 Å². The normalized spacial score (nSPS) is 35.9. The fourth-order valence-electron chi connectivity index (χ4n) is 11.7. The molecule has 0 spiro atoms. The Morgan fingerprint density at radius 1 is 0.857 bits per heavy atom. The Bertz CT molecular complexity index is 2050. The van der Waals surface area contributed by atoms with Crippen LogP contribution >= 0.6 is 0 Å². The minimum absolute atomic E-state index is 0.00524. The van der Waals surface area contributed by atoms with E-state index < -0.39 is 102 Å². The number of methoxy groups -OCH3 is 3. The van der Waals surface area contributed by atoms with Crippen molar-refractivity contribution >= 4 is 35.3 Å². The number of hydrogen-bond donors (Lipinski definition) is 3. The smallest absolute Gasteiger partial charge is 0.407 e. The van der Waals surface area contributed by atoms with Crippen LogP contribution < -0.4 is 5.32 Å². The van der Waals surface area contributed by atoms with E-state index in [0.29, 0.717) is 76.3 Å². The molecule has 3 fully saturated rings. The third-order valence-electron chi connectivity index (χ3n) is 16.5. The maximum Gasteiger partial charge on any atom is 0.407 e. The first-order valence-corrected chi connectivity index (χ1v) is 28.8. The number of cyclic esters (lactones) is 1. The second kappa shape index (κ2) is 32.2. The third-order valence-corrected chi connectivity index (χ3v) is 16.5. The molecule has 4 rings (SSSR count). The van der Waals surface area contributed by atoms with Crippen LogP contribution in [0.4, 0.5) is 4.79 Å². The summed E-state index contributed by atoms with van der Waals surface area (Å²) in [4.78, 5) is 88.0. The second-order valence-electron chi connectivity index (χ2n) is 22.7. The Balaban J connectivity index is 1.64. The van der Waals surface area contributed by atoms with E-state index in [1.807, 2.05) is 58.1 Å². The number of aliphatic hydroxyl groups is 2. The van der Waals surface area contributed by atoms with E-state index in [9.17, 15) is 39.0 Å². The fraction of sp³-hybridized carbons (Fsp3) is 0.767. The second-order valence-corrected chi connectivity index (χ2v) is 22.7. The molecule has 2 amide bonds. The van der Waals surface area contributed by atoms with Crippen molar-refractivity contribution in [3.8, 4) is 0 Å². The van der Waals surface area contributed by atoms with Gasteiger partial charge in [-0.1, -0.05) is 84.9 Å². The molecule has 9 unspecified atom stereocenters. The molecule has 0 aromatic heterocycles. The number of fused-ring (bicyclic) bond motifs is 3. The Labute approximate surface area is 460 Å². The molecule has 3 N–H and O–H groups in total. The van der Waals surface area contributed by atoms with Gasteiger partial charge in [0.15, 0.2) is 5.78 Å². The zero-order chi connectivity index (χ0) is 57.0. The molecule has 2 bridgehead atoms. The molecule has 436 valence electrons. The van der Waals surface area contributed by atoms with E-state index in [-0.39, 0.29) is 42.8 Å². The number of esters is 1. The number of carbonyl (C=O) groups is 6. The van der Waals surface area contributed by atoms with Crippen LogP contribution in [-0.2, 0) is 52.4 Å². The Morgan fingerprint density at radius 3 is 2.23 bits per heavy atom. The molecule has 3 aliphatic heterocycles. The van der Waals surface area contributed by atoms with Crippen LogP contribution in [0.1, 0.15) is 152 Å². The molecular weight excluding hydrogens is 987 g/mol. The molecule has 2 saturated heterocycles. The molecular formula is C60H97N3O14. The summed E-state index contributed by atoms with van der Waals surface area (Å²) in [6.07, 6.45) is 12.4. The number of piperidine rings is 1. The van der Waals surface area contributed by atoms with Gasteiger partial charge < -0.3 is 53.8 Å². The van der Waals surface area contributed by atoms with E-state index in [1.54, 1.807) is 41.1 Å². The van der Waals surface area contributed by atoms with Gasteiger partial charge in [-0.15, -0.1) is 0 Å². The monoisotopic (exact) mass is 1080 g/mol. The maximum atomic E-state index is 14.6. The summed E-state index contributed by atoms with van der Waals surface area (Å²) in [5.41, 5.74) is 1.25. The first kappa shape index (κ1) is 65.4. The van der Waals surface area contributed by atoms with Gasteiger partial charge in [0.2, 0.25) is 5.79 Å². The lowest BCUT2D eigenvalue weighted by Gasteiger charge is -2.42. The molecule has 1 aliphatic carbocycles. The summed E-state index contributed by atoms with van der Waals surface area (Å²) >= 11 is 0. The fourth-order valence-corrected chi connectivity index (χ4v) is 11.7. The Kier molecular flexibility index (Phi) is 27.4. The highest BCUT2D eigenvalue weighted by molar-refractivity contribution is 6.39. The van der Waals surface area contributed by atoms with Crippen molar-refractivity contribution in [1.82, 2.24) is 15.1 Å². The van der Waals surface area contributed by atoms with Crippen molar-refractivity contribution in [3.05, 3.63) is 47.6 Å². The minimum atomic E-state index is -2.45. The van der Waals surface area contributed by atoms with Crippen LogP contribution in [0.25, 0.3) is 0 Å². The first-order valence-electron chi connectivity index (χ1n) is 28.8. The SMILES string of the molecule is CCCN(CCC)CCNC(=O)O[C@@H]1CCC(CC(C)C2CC(=O)C(C)/C=C(\C)[C@@H](O)C(OC)C(=O)[C@H](C)CC(C)\C=C/C=C/C=C(\C)C(OC)CC3CC[C@@H](C)[C@@](O)(O3)C(=O)C(=O)N3CCCC[C@H]3C(=O)O2)CC1OC. The third kappa shape index (κ3) is 19.0. The highest BCUT2D eigenvalue weighted by atomic mass is 16.6. The van der Waals surface area contributed by atoms with Crippen molar-refractivity contribution in [2.24, 2.45) is 35.5 Å². The summed E-state index contributed by atoms with van der Waals surface area (Å²) in [6, 6.07) is -1.17. The largest absolute Gasteiger partial charge is 0.460 e. The summed E-state index contributed by atoms with van der Waals surface area (Å²) in [6.45, 7) is 20.1. The molecule has 77 heavy (non-hydrogen) atoms. The van der Waals surface area contributed by atoms with E-state index in [0.717, 1.165) is 38.0 Å². The number of Topliss-reactive ketones (excluding diaryl/α,β-unsaturated/α-hetero) is 3. The molecule has 17 nitrogen and oxygen atoms in total. The van der Waals surface area contributed by atoms with Crippen LogP contribution in [0.5, 0.6) is 0 Å². The summed E-state index contributed by atoms with van der Waals surface area (Å²) in [5.74, 6) is -8.26. The summed E-state index contributed by atoms with van der Waals surface area (Å²) in [7, 11) is 4.55. The number of hydrogen-bond acceptors (Lipinski definition) is 15. The van der Waals surface area contributed by atoms with Crippen molar-refractivity contribution in [3.63, 3.8) is 0 Å².